The number of hydrogen-bond donors (Lipinski definition) is 3. The molecule has 2 heterocycles. The van der Waals surface area contributed by atoms with Crippen molar-refractivity contribution in [2.75, 3.05) is 40.0 Å². The van der Waals surface area contributed by atoms with Gasteiger partial charge in [0.05, 0.1) is 18.4 Å². The van der Waals surface area contributed by atoms with Gasteiger partial charge in [-0.1, -0.05) is 0 Å². The second-order valence-corrected chi connectivity index (χ2v) is 6.30. The highest BCUT2D eigenvalue weighted by Gasteiger charge is 2.32. The number of ether oxygens (including phenoxy) is 2. The Hall–Kier alpha value is -1.57. The van der Waals surface area contributed by atoms with E-state index in [4.69, 9.17) is 13.9 Å². The van der Waals surface area contributed by atoms with Gasteiger partial charge >= 0.3 is 0 Å². The molecule has 7 heteroatoms. The standard InChI is InChI=1S/C17H29N3O4/c1-4-18-15(19-12-16(2,21)14-6-5-9-24-14)20-13-17(22-3)7-10-23-11-8-17/h5-6,9,21H,4,7-8,10-13H2,1-3H3,(H2,18,19,20). The summed E-state index contributed by atoms with van der Waals surface area (Å²) in [4.78, 5) is 4.49. The molecule has 7 nitrogen and oxygen atoms in total. The Morgan fingerprint density at radius 2 is 2.17 bits per heavy atom. The number of aliphatic hydroxyl groups is 1. The summed E-state index contributed by atoms with van der Waals surface area (Å²) in [5.41, 5.74) is -1.39. The zero-order valence-electron chi connectivity index (χ0n) is 14.8. The van der Waals surface area contributed by atoms with E-state index in [0.717, 1.165) is 19.4 Å². The predicted octanol–water partition coefficient (Wildman–Crippen LogP) is 1.24. The topological polar surface area (TPSA) is 88.3 Å². The van der Waals surface area contributed by atoms with Crippen molar-refractivity contribution >= 4 is 5.96 Å². The first-order valence-corrected chi connectivity index (χ1v) is 8.43. The highest BCUT2D eigenvalue weighted by Crippen LogP contribution is 2.24. The molecule has 0 amide bonds. The second-order valence-electron chi connectivity index (χ2n) is 6.30. The van der Waals surface area contributed by atoms with Crippen LogP contribution >= 0.6 is 0 Å². The molecule has 1 aliphatic rings. The average Bonchev–Trinajstić information content (AvgIpc) is 3.14. The monoisotopic (exact) mass is 339 g/mol. The molecule has 0 aliphatic carbocycles. The van der Waals surface area contributed by atoms with Crippen LogP contribution in [0.1, 0.15) is 32.4 Å². The summed E-state index contributed by atoms with van der Waals surface area (Å²) in [7, 11) is 1.73. The van der Waals surface area contributed by atoms with E-state index in [1.54, 1.807) is 32.4 Å². The van der Waals surface area contributed by atoms with Gasteiger partial charge in [-0.15, -0.1) is 0 Å². The summed E-state index contributed by atoms with van der Waals surface area (Å²) in [5, 5.41) is 17.0. The highest BCUT2D eigenvalue weighted by atomic mass is 16.5. The van der Waals surface area contributed by atoms with E-state index in [-0.39, 0.29) is 12.1 Å². The Balaban J connectivity index is 1.97. The van der Waals surface area contributed by atoms with Crippen LogP contribution in [-0.4, -0.2) is 56.6 Å². The molecule has 3 N–H and O–H groups in total. The van der Waals surface area contributed by atoms with Crippen molar-refractivity contribution in [1.29, 1.82) is 0 Å². The fourth-order valence-corrected chi connectivity index (χ4v) is 2.68. The van der Waals surface area contributed by atoms with Crippen molar-refractivity contribution in [3.63, 3.8) is 0 Å². The zero-order chi connectivity index (χ0) is 17.5. The van der Waals surface area contributed by atoms with Crippen molar-refractivity contribution in [3.05, 3.63) is 24.2 Å². The highest BCUT2D eigenvalue weighted by molar-refractivity contribution is 5.79. The molecule has 1 atom stereocenters. The largest absolute Gasteiger partial charge is 0.466 e. The molecule has 0 saturated carbocycles. The van der Waals surface area contributed by atoms with Crippen LogP contribution in [0.15, 0.2) is 27.8 Å². The third-order valence-corrected chi connectivity index (χ3v) is 4.36. The van der Waals surface area contributed by atoms with Gasteiger partial charge in [0.2, 0.25) is 0 Å². The molecule has 0 spiro atoms. The molecule has 1 aromatic heterocycles. The van der Waals surface area contributed by atoms with Crippen LogP contribution in [-0.2, 0) is 15.1 Å². The minimum Gasteiger partial charge on any atom is -0.466 e. The van der Waals surface area contributed by atoms with Crippen LogP contribution in [0.4, 0.5) is 0 Å². The second kappa shape index (κ2) is 8.50. The maximum atomic E-state index is 10.5. The third kappa shape index (κ3) is 4.96. The van der Waals surface area contributed by atoms with Gasteiger partial charge in [0.15, 0.2) is 5.96 Å². The molecule has 1 aliphatic heterocycles. The van der Waals surface area contributed by atoms with Crippen molar-refractivity contribution in [2.24, 2.45) is 4.99 Å². The number of methoxy groups -OCH3 is 1. The SMILES string of the molecule is CCNC(=NCC(C)(O)c1ccco1)NCC1(OC)CCOCC1. The van der Waals surface area contributed by atoms with E-state index in [0.29, 0.717) is 31.5 Å². The van der Waals surface area contributed by atoms with Gasteiger partial charge in [0.1, 0.15) is 11.4 Å². The first-order chi connectivity index (χ1) is 11.5. The van der Waals surface area contributed by atoms with Crippen molar-refractivity contribution in [3.8, 4) is 0 Å². The van der Waals surface area contributed by atoms with Gasteiger partial charge in [-0.05, 0) is 26.0 Å². The quantitative estimate of drug-likeness (QED) is 0.512. The molecule has 1 saturated heterocycles. The number of guanidine groups is 1. The first-order valence-electron chi connectivity index (χ1n) is 8.43. The number of furan rings is 1. The molecule has 0 aromatic carbocycles. The summed E-state index contributed by atoms with van der Waals surface area (Å²) in [6, 6.07) is 3.50. The van der Waals surface area contributed by atoms with Crippen LogP contribution in [0.2, 0.25) is 0 Å². The lowest BCUT2D eigenvalue weighted by molar-refractivity contribution is -0.0855. The summed E-state index contributed by atoms with van der Waals surface area (Å²) < 4.78 is 16.4. The van der Waals surface area contributed by atoms with Gasteiger partial charge in [-0.2, -0.15) is 0 Å². The minimum absolute atomic E-state index is 0.193. The first kappa shape index (κ1) is 18.8. The molecule has 0 radical (unpaired) electrons. The third-order valence-electron chi connectivity index (χ3n) is 4.36. The summed E-state index contributed by atoms with van der Waals surface area (Å²) in [6.45, 7) is 6.67. The number of aliphatic imine (C=N–C) groups is 1. The maximum Gasteiger partial charge on any atom is 0.191 e. The van der Waals surface area contributed by atoms with Crippen LogP contribution in [0.5, 0.6) is 0 Å². The van der Waals surface area contributed by atoms with Crippen LogP contribution in [0.3, 0.4) is 0 Å². The van der Waals surface area contributed by atoms with E-state index < -0.39 is 5.60 Å². The fourth-order valence-electron chi connectivity index (χ4n) is 2.68. The molecule has 1 aromatic rings. The number of nitrogens with zero attached hydrogens (tertiary/aromatic N) is 1. The normalized spacial score (nSPS) is 20.4. The number of hydrogen-bond acceptors (Lipinski definition) is 5. The number of nitrogens with one attached hydrogen (secondary N) is 2. The summed E-state index contributed by atoms with van der Waals surface area (Å²) in [6.07, 6.45) is 3.24. The zero-order valence-corrected chi connectivity index (χ0v) is 14.8. The van der Waals surface area contributed by atoms with Gasteiger partial charge in [-0.3, -0.25) is 0 Å². The van der Waals surface area contributed by atoms with Gasteiger partial charge in [0.25, 0.3) is 0 Å². The summed E-state index contributed by atoms with van der Waals surface area (Å²) >= 11 is 0. The Bertz CT molecular complexity index is 508. The van der Waals surface area contributed by atoms with E-state index in [1.807, 2.05) is 6.92 Å². The molecule has 2 rings (SSSR count). The van der Waals surface area contributed by atoms with Gasteiger partial charge in [0, 0.05) is 46.3 Å². The van der Waals surface area contributed by atoms with Crippen LogP contribution in [0.25, 0.3) is 0 Å². The minimum atomic E-state index is -1.15. The van der Waals surface area contributed by atoms with Crippen molar-refractivity contribution in [1.82, 2.24) is 10.6 Å². The van der Waals surface area contributed by atoms with Crippen LogP contribution < -0.4 is 10.6 Å². The number of rotatable bonds is 7. The molecular formula is C17H29N3O4. The Morgan fingerprint density at radius 1 is 1.42 bits per heavy atom. The molecular weight excluding hydrogens is 310 g/mol. The summed E-state index contributed by atoms with van der Waals surface area (Å²) in [5.74, 6) is 1.15. The molecule has 1 fully saturated rings. The Morgan fingerprint density at radius 3 is 2.75 bits per heavy atom. The molecule has 136 valence electrons. The lowest BCUT2D eigenvalue weighted by atomic mass is 9.94. The Labute approximate surface area is 143 Å². The van der Waals surface area contributed by atoms with E-state index in [1.165, 1.54) is 0 Å². The Kier molecular flexibility index (Phi) is 6.65. The van der Waals surface area contributed by atoms with E-state index in [2.05, 4.69) is 15.6 Å². The van der Waals surface area contributed by atoms with E-state index in [9.17, 15) is 5.11 Å². The lowest BCUT2D eigenvalue weighted by Crippen LogP contribution is -2.51. The maximum absolute atomic E-state index is 10.5. The fraction of sp³-hybridized carbons (Fsp3) is 0.706. The van der Waals surface area contributed by atoms with Gasteiger partial charge in [-0.25, -0.2) is 4.99 Å². The average molecular weight is 339 g/mol. The smallest absolute Gasteiger partial charge is 0.191 e. The van der Waals surface area contributed by atoms with Crippen molar-refractivity contribution < 1.29 is 19.0 Å². The van der Waals surface area contributed by atoms with Crippen LogP contribution in [0, 0.1) is 0 Å². The van der Waals surface area contributed by atoms with Crippen molar-refractivity contribution in [2.45, 2.75) is 37.9 Å². The molecule has 0 bridgehead atoms. The predicted molar refractivity (Wildman–Crippen MR) is 92.1 cm³/mol. The van der Waals surface area contributed by atoms with Gasteiger partial charge < -0.3 is 29.6 Å². The molecule has 24 heavy (non-hydrogen) atoms. The molecule has 1 unspecified atom stereocenters. The lowest BCUT2D eigenvalue weighted by Gasteiger charge is -2.36. The van der Waals surface area contributed by atoms with E-state index >= 15 is 0 Å².